The molecule has 0 N–H and O–H groups in total. The molecule has 0 bridgehead atoms. The summed E-state index contributed by atoms with van der Waals surface area (Å²) in [7, 11) is -5.69. The third kappa shape index (κ3) is 5.97. The maximum atomic E-state index is 8.23. The van der Waals surface area contributed by atoms with Gasteiger partial charge in [-0.15, -0.1) is 0 Å². The predicted molar refractivity (Wildman–Crippen MR) is 176 cm³/mol. The van der Waals surface area contributed by atoms with E-state index in [9.17, 15) is 0 Å². The Hall–Kier alpha value is -3.51. The van der Waals surface area contributed by atoms with E-state index < -0.39 is 16.6 Å². The summed E-state index contributed by atoms with van der Waals surface area (Å²) in [6, 6.07) is 56.3. The zero-order valence-corrected chi connectivity index (χ0v) is 25.3. The standard InChI is InChI=1S/C37H39OSi2/c1-2-3-4-5-21-32-39(33-22-11-6-12-23-33,34-24-13-7-14-25-34)38-40(35-26-15-8-16-27-35,36-28-17-9-18-29-36)37-30-19-10-20-31-37/h6-20,22-31H,1-5,21,32H2. The molecular weight excluding hydrogens is 517 g/mol. The Balaban J connectivity index is 1.79. The van der Waals surface area contributed by atoms with Crippen molar-refractivity contribution >= 4 is 42.6 Å². The molecule has 3 heteroatoms. The lowest BCUT2D eigenvalue weighted by Crippen LogP contribution is -2.77. The molecule has 0 saturated carbocycles. The number of rotatable bonds is 13. The molecule has 0 atom stereocenters. The zero-order valence-electron chi connectivity index (χ0n) is 23.3. The van der Waals surface area contributed by atoms with Gasteiger partial charge in [-0.1, -0.05) is 191 Å². The molecule has 0 aromatic heterocycles. The van der Waals surface area contributed by atoms with E-state index in [2.05, 4.69) is 159 Å². The molecule has 1 nitrogen and oxygen atoms in total. The molecule has 5 aromatic rings. The second-order valence-corrected chi connectivity index (χ2v) is 17.7. The fourth-order valence-electron chi connectivity index (χ4n) is 5.90. The van der Waals surface area contributed by atoms with Gasteiger partial charge in [0.05, 0.1) is 0 Å². The van der Waals surface area contributed by atoms with E-state index in [1.807, 2.05) is 0 Å². The number of hydrogen-bond acceptors (Lipinski definition) is 1. The minimum absolute atomic E-state index is 1.00. The van der Waals surface area contributed by atoms with Gasteiger partial charge in [0.2, 0.25) is 8.32 Å². The number of unbranched alkanes of at least 4 members (excludes halogenated alkanes) is 4. The van der Waals surface area contributed by atoms with Gasteiger partial charge >= 0.3 is 0 Å². The molecule has 0 aliphatic rings. The van der Waals surface area contributed by atoms with E-state index in [-0.39, 0.29) is 0 Å². The van der Waals surface area contributed by atoms with Crippen molar-refractivity contribution in [2.75, 3.05) is 0 Å². The Morgan fingerprint density at radius 1 is 0.400 bits per heavy atom. The molecule has 0 amide bonds. The molecule has 0 saturated heterocycles. The molecule has 5 rings (SSSR count). The normalized spacial score (nSPS) is 11.8. The topological polar surface area (TPSA) is 9.23 Å². The molecule has 0 heterocycles. The van der Waals surface area contributed by atoms with E-state index in [0.717, 1.165) is 18.9 Å². The summed E-state index contributed by atoms with van der Waals surface area (Å²) < 4.78 is 8.23. The van der Waals surface area contributed by atoms with Gasteiger partial charge in [0.25, 0.3) is 8.32 Å². The smallest absolute Gasteiger partial charge is 0.278 e. The van der Waals surface area contributed by atoms with E-state index in [1.165, 1.54) is 45.2 Å². The fourth-order valence-corrected chi connectivity index (χ4v) is 16.9. The first-order valence-corrected chi connectivity index (χ1v) is 18.6. The van der Waals surface area contributed by atoms with Crippen LogP contribution in [-0.4, -0.2) is 16.6 Å². The van der Waals surface area contributed by atoms with E-state index >= 15 is 0 Å². The minimum Gasteiger partial charge on any atom is -0.439 e. The van der Waals surface area contributed by atoms with Gasteiger partial charge in [-0.2, -0.15) is 0 Å². The van der Waals surface area contributed by atoms with E-state index in [4.69, 9.17) is 4.12 Å². The monoisotopic (exact) mass is 555 g/mol. The van der Waals surface area contributed by atoms with Crippen LogP contribution >= 0.6 is 0 Å². The average molecular weight is 556 g/mol. The van der Waals surface area contributed by atoms with Crippen LogP contribution < -0.4 is 25.9 Å². The molecule has 0 fully saturated rings. The van der Waals surface area contributed by atoms with Gasteiger partial charge in [0.15, 0.2) is 0 Å². The maximum absolute atomic E-state index is 8.23. The first kappa shape index (κ1) is 28.0. The highest BCUT2D eigenvalue weighted by atomic mass is 28.4. The highest BCUT2D eigenvalue weighted by Crippen LogP contribution is 2.24. The van der Waals surface area contributed by atoms with Crippen molar-refractivity contribution in [1.82, 2.24) is 0 Å². The van der Waals surface area contributed by atoms with E-state index in [0.29, 0.717) is 0 Å². The second-order valence-electron chi connectivity index (χ2n) is 10.5. The van der Waals surface area contributed by atoms with Crippen molar-refractivity contribution in [1.29, 1.82) is 0 Å². The molecule has 40 heavy (non-hydrogen) atoms. The van der Waals surface area contributed by atoms with Gasteiger partial charge in [-0.3, -0.25) is 0 Å². The molecule has 5 aromatic carbocycles. The fraction of sp³-hybridized carbons (Fsp3) is 0.162. The third-order valence-electron chi connectivity index (χ3n) is 7.88. The van der Waals surface area contributed by atoms with Crippen LogP contribution in [0.4, 0.5) is 0 Å². The molecule has 0 aliphatic carbocycles. The van der Waals surface area contributed by atoms with Crippen LogP contribution in [0.25, 0.3) is 0 Å². The summed E-state index contributed by atoms with van der Waals surface area (Å²) in [5.74, 6) is 0. The molecule has 1 radical (unpaired) electrons. The Labute approximate surface area is 242 Å². The van der Waals surface area contributed by atoms with Gasteiger partial charge < -0.3 is 4.12 Å². The summed E-state index contributed by atoms with van der Waals surface area (Å²) in [4.78, 5) is 0. The molecule has 0 aliphatic heterocycles. The van der Waals surface area contributed by atoms with Gasteiger partial charge in [-0.25, -0.2) is 0 Å². The number of hydrogen-bond donors (Lipinski definition) is 0. The number of benzene rings is 5. The lowest BCUT2D eigenvalue weighted by atomic mass is 10.2. The highest BCUT2D eigenvalue weighted by Gasteiger charge is 2.51. The van der Waals surface area contributed by atoms with Crippen LogP contribution in [0.2, 0.25) is 6.04 Å². The quantitative estimate of drug-likeness (QED) is 0.0953. The van der Waals surface area contributed by atoms with Crippen LogP contribution in [0.15, 0.2) is 152 Å². The molecule has 201 valence electrons. The Morgan fingerprint density at radius 2 is 0.725 bits per heavy atom. The van der Waals surface area contributed by atoms with Crippen LogP contribution in [0.1, 0.15) is 32.1 Å². The Morgan fingerprint density at radius 3 is 1.07 bits per heavy atom. The summed E-state index contributed by atoms with van der Waals surface area (Å²) >= 11 is 0. The zero-order chi connectivity index (χ0) is 27.5. The lowest BCUT2D eigenvalue weighted by molar-refractivity contribution is 0.569. The van der Waals surface area contributed by atoms with Gasteiger partial charge in [0, 0.05) is 0 Å². The van der Waals surface area contributed by atoms with Crippen LogP contribution in [-0.2, 0) is 4.12 Å². The summed E-state index contributed by atoms with van der Waals surface area (Å²) in [5.41, 5.74) is 0. The highest BCUT2D eigenvalue weighted by molar-refractivity contribution is 7.14. The molecule has 0 unspecified atom stereocenters. The van der Waals surface area contributed by atoms with E-state index in [1.54, 1.807) is 0 Å². The molecule has 0 spiro atoms. The van der Waals surface area contributed by atoms with Crippen molar-refractivity contribution in [3.05, 3.63) is 159 Å². The summed E-state index contributed by atoms with van der Waals surface area (Å²) in [5, 5.41) is 6.55. The Kier molecular flexibility index (Phi) is 9.61. The largest absolute Gasteiger partial charge is 0.439 e. The second kappa shape index (κ2) is 13.7. The first-order chi connectivity index (χ1) is 19.8. The van der Waals surface area contributed by atoms with Gasteiger partial charge in [-0.05, 0) is 32.0 Å². The van der Waals surface area contributed by atoms with Gasteiger partial charge in [0.1, 0.15) is 0 Å². The van der Waals surface area contributed by atoms with Crippen molar-refractivity contribution in [2.24, 2.45) is 0 Å². The van der Waals surface area contributed by atoms with Crippen molar-refractivity contribution in [3.8, 4) is 0 Å². The maximum Gasteiger partial charge on any atom is 0.278 e. The minimum atomic E-state index is -2.95. The van der Waals surface area contributed by atoms with Crippen LogP contribution in [0, 0.1) is 6.92 Å². The SMILES string of the molecule is [CH2]CCCCCC[Si](O[Si](c1ccccc1)(c1ccccc1)c1ccccc1)(c1ccccc1)c1ccccc1. The first-order valence-electron chi connectivity index (χ1n) is 14.6. The Bertz CT molecular complexity index is 1270. The molecular formula is C37H39OSi2. The predicted octanol–water partition coefficient (Wildman–Crippen LogP) is 6.21. The van der Waals surface area contributed by atoms with Crippen LogP contribution in [0.5, 0.6) is 0 Å². The van der Waals surface area contributed by atoms with Crippen LogP contribution in [0.3, 0.4) is 0 Å². The van der Waals surface area contributed by atoms with Crippen molar-refractivity contribution in [3.63, 3.8) is 0 Å². The summed E-state index contributed by atoms with van der Waals surface area (Å²) in [6.45, 7) is 4.07. The average Bonchev–Trinajstić information content (AvgIpc) is 3.05. The third-order valence-corrected chi connectivity index (χ3v) is 17.5. The lowest BCUT2D eigenvalue weighted by Gasteiger charge is -2.44. The summed E-state index contributed by atoms with van der Waals surface area (Å²) in [6.07, 6.45) is 5.74. The van der Waals surface area contributed by atoms with Crippen molar-refractivity contribution in [2.45, 2.75) is 38.1 Å². The van der Waals surface area contributed by atoms with Crippen molar-refractivity contribution < 1.29 is 4.12 Å².